The number of aryl methyl sites for hydroxylation is 2. The second-order valence-corrected chi connectivity index (χ2v) is 5.56. The molecule has 0 aromatic heterocycles. The van der Waals surface area contributed by atoms with Crippen molar-refractivity contribution in [1.29, 1.82) is 5.26 Å². The van der Waals surface area contributed by atoms with Crippen LogP contribution < -0.4 is 0 Å². The van der Waals surface area contributed by atoms with Crippen molar-refractivity contribution in [3.05, 3.63) is 64.5 Å². The van der Waals surface area contributed by atoms with Crippen LogP contribution in [0.4, 0.5) is 4.39 Å². The molecule has 96 valence electrons. The Bertz CT molecular complexity index is 623. The molecule has 0 unspecified atom stereocenters. The fourth-order valence-electron chi connectivity index (χ4n) is 2.00. The van der Waals surface area contributed by atoms with Gasteiger partial charge in [0.25, 0.3) is 0 Å². The summed E-state index contributed by atoms with van der Waals surface area (Å²) in [6.45, 7) is 4.12. The zero-order chi connectivity index (χ0) is 13.8. The van der Waals surface area contributed by atoms with Crippen LogP contribution in [-0.2, 0) is 5.75 Å². The van der Waals surface area contributed by atoms with E-state index in [-0.39, 0.29) is 5.82 Å². The van der Waals surface area contributed by atoms with Gasteiger partial charge in [-0.2, -0.15) is 5.26 Å². The molecule has 2 rings (SSSR count). The number of nitriles is 1. The van der Waals surface area contributed by atoms with Crippen molar-refractivity contribution >= 4 is 11.8 Å². The molecule has 0 spiro atoms. The molecule has 19 heavy (non-hydrogen) atoms. The molecule has 0 aliphatic heterocycles. The highest BCUT2D eigenvalue weighted by molar-refractivity contribution is 7.98. The summed E-state index contributed by atoms with van der Waals surface area (Å²) in [6, 6.07) is 12.9. The van der Waals surface area contributed by atoms with Crippen LogP contribution >= 0.6 is 11.8 Å². The third-order valence-electron chi connectivity index (χ3n) is 2.74. The fourth-order valence-corrected chi connectivity index (χ4v) is 2.85. The normalized spacial score (nSPS) is 10.2. The van der Waals surface area contributed by atoms with Crippen molar-refractivity contribution in [2.45, 2.75) is 24.5 Å². The summed E-state index contributed by atoms with van der Waals surface area (Å²) in [7, 11) is 0. The average molecular weight is 271 g/mol. The van der Waals surface area contributed by atoms with Crippen LogP contribution in [0.15, 0.2) is 41.3 Å². The van der Waals surface area contributed by atoms with Crippen LogP contribution in [0.3, 0.4) is 0 Å². The third-order valence-corrected chi connectivity index (χ3v) is 3.86. The van der Waals surface area contributed by atoms with Crippen LogP contribution in [0.1, 0.15) is 22.3 Å². The van der Waals surface area contributed by atoms with Crippen LogP contribution in [-0.4, -0.2) is 0 Å². The zero-order valence-electron chi connectivity index (χ0n) is 10.9. The van der Waals surface area contributed by atoms with Gasteiger partial charge in [-0.05, 0) is 37.6 Å². The van der Waals surface area contributed by atoms with Gasteiger partial charge in [-0.25, -0.2) is 4.39 Å². The van der Waals surface area contributed by atoms with Crippen LogP contribution in [0.2, 0.25) is 0 Å². The van der Waals surface area contributed by atoms with E-state index in [0.29, 0.717) is 10.5 Å². The molecule has 0 aliphatic carbocycles. The van der Waals surface area contributed by atoms with Crippen molar-refractivity contribution < 1.29 is 4.39 Å². The molecule has 0 fully saturated rings. The Hall–Kier alpha value is -1.79. The first kappa shape index (κ1) is 13.6. The number of nitrogens with zero attached hydrogens (tertiary/aromatic N) is 1. The second-order valence-electron chi connectivity index (χ2n) is 4.54. The van der Waals surface area contributed by atoms with Crippen molar-refractivity contribution in [3.8, 4) is 6.07 Å². The van der Waals surface area contributed by atoms with Crippen LogP contribution in [0.25, 0.3) is 0 Å². The Morgan fingerprint density at radius 3 is 2.37 bits per heavy atom. The number of thioether (sulfide) groups is 1. The molecular weight excluding hydrogens is 257 g/mol. The molecule has 0 heterocycles. The van der Waals surface area contributed by atoms with Crippen molar-refractivity contribution in [2.75, 3.05) is 0 Å². The van der Waals surface area contributed by atoms with E-state index in [1.807, 2.05) is 6.07 Å². The lowest BCUT2D eigenvalue weighted by Gasteiger charge is -2.06. The predicted octanol–water partition coefficient (Wildman–Crippen LogP) is 4.61. The molecule has 0 aliphatic rings. The maximum absolute atomic E-state index is 13.7. The van der Waals surface area contributed by atoms with Gasteiger partial charge in [0, 0.05) is 10.6 Å². The number of halogens is 1. The monoisotopic (exact) mass is 271 g/mol. The highest BCUT2D eigenvalue weighted by Crippen LogP contribution is 2.26. The zero-order valence-corrected chi connectivity index (χ0v) is 11.7. The molecular formula is C16H14FNS. The summed E-state index contributed by atoms with van der Waals surface area (Å²) < 4.78 is 13.7. The van der Waals surface area contributed by atoms with E-state index < -0.39 is 0 Å². The Morgan fingerprint density at radius 1 is 1.11 bits per heavy atom. The number of benzene rings is 2. The number of rotatable bonds is 3. The lowest BCUT2D eigenvalue weighted by Crippen LogP contribution is -1.88. The first-order valence-corrected chi connectivity index (χ1v) is 6.96. The van der Waals surface area contributed by atoms with Crippen LogP contribution in [0.5, 0.6) is 0 Å². The lowest BCUT2D eigenvalue weighted by atomic mass is 10.1. The van der Waals surface area contributed by atoms with Gasteiger partial charge in [0.1, 0.15) is 5.82 Å². The highest BCUT2D eigenvalue weighted by Gasteiger charge is 2.05. The number of hydrogen-bond acceptors (Lipinski definition) is 2. The quantitative estimate of drug-likeness (QED) is 0.761. The molecule has 0 atom stereocenters. The summed E-state index contributed by atoms with van der Waals surface area (Å²) >= 11 is 1.45. The average Bonchev–Trinajstić information content (AvgIpc) is 2.36. The van der Waals surface area contributed by atoms with E-state index >= 15 is 0 Å². The molecule has 3 heteroatoms. The Morgan fingerprint density at radius 2 is 1.79 bits per heavy atom. The van der Waals surface area contributed by atoms with Gasteiger partial charge in [-0.3, -0.25) is 0 Å². The van der Waals surface area contributed by atoms with E-state index in [0.717, 1.165) is 5.75 Å². The predicted molar refractivity (Wildman–Crippen MR) is 76.6 cm³/mol. The van der Waals surface area contributed by atoms with E-state index in [4.69, 9.17) is 5.26 Å². The van der Waals surface area contributed by atoms with Crippen molar-refractivity contribution in [1.82, 2.24) is 0 Å². The maximum atomic E-state index is 13.7. The Kier molecular flexibility index (Phi) is 4.24. The summed E-state index contributed by atoms with van der Waals surface area (Å²) in [4.78, 5) is 0.582. The van der Waals surface area contributed by atoms with Gasteiger partial charge in [0.05, 0.1) is 11.6 Å². The minimum Gasteiger partial charge on any atom is -0.206 e. The second kappa shape index (κ2) is 5.90. The van der Waals surface area contributed by atoms with E-state index in [1.54, 1.807) is 12.1 Å². The molecule has 0 bridgehead atoms. The smallest absolute Gasteiger partial charge is 0.138 e. The first-order chi connectivity index (χ1) is 9.08. The molecule has 0 saturated carbocycles. The van der Waals surface area contributed by atoms with E-state index in [2.05, 4.69) is 32.0 Å². The Balaban J connectivity index is 2.12. The summed E-state index contributed by atoms with van der Waals surface area (Å²) in [5, 5.41) is 8.70. The molecule has 0 N–H and O–H groups in total. The summed E-state index contributed by atoms with van der Waals surface area (Å²) in [6.07, 6.45) is 0. The van der Waals surface area contributed by atoms with Gasteiger partial charge in [-0.1, -0.05) is 29.3 Å². The largest absolute Gasteiger partial charge is 0.206 e. The van der Waals surface area contributed by atoms with E-state index in [1.165, 1.54) is 34.5 Å². The van der Waals surface area contributed by atoms with Gasteiger partial charge < -0.3 is 0 Å². The van der Waals surface area contributed by atoms with Gasteiger partial charge >= 0.3 is 0 Å². The molecule has 2 aromatic carbocycles. The summed E-state index contributed by atoms with van der Waals surface area (Å²) in [5.74, 6) is 0.402. The molecule has 0 amide bonds. The molecule has 1 nitrogen and oxygen atoms in total. The highest BCUT2D eigenvalue weighted by atomic mass is 32.2. The topological polar surface area (TPSA) is 23.8 Å². The molecule has 0 saturated heterocycles. The first-order valence-electron chi connectivity index (χ1n) is 5.98. The van der Waals surface area contributed by atoms with Crippen LogP contribution in [0, 0.1) is 31.0 Å². The maximum Gasteiger partial charge on any atom is 0.138 e. The Labute approximate surface area is 117 Å². The SMILES string of the molecule is Cc1cc(C)cc(CSc2ccc(C#N)cc2F)c1. The van der Waals surface area contributed by atoms with Gasteiger partial charge in [0.2, 0.25) is 0 Å². The van der Waals surface area contributed by atoms with E-state index in [9.17, 15) is 4.39 Å². The molecule has 0 radical (unpaired) electrons. The number of hydrogen-bond donors (Lipinski definition) is 0. The minimum atomic E-state index is -0.326. The molecule has 2 aromatic rings. The van der Waals surface area contributed by atoms with Crippen molar-refractivity contribution in [3.63, 3.8) is 0 Å². The minimum absolute atomic E-state index is 0.326. The lowest BCUT2D eigenvalue weighted by molar-refractivity contribution is 0.601. The fraction of sp³-hybridized carbons (Fsp3) is 0.188. The van der Waals surface area contributed by atoms with Gasteiger partial charge in [0.15, 0.2) is 0 Å². The third kappa shape index (κ3) is 3.59. The standard InChI is InChI=1S/C16H14FNS/c1-11-5-12(2)7-14(6-11)10-19-16-4-3-13(9-18)8-15(16)17/h3-8H,10H2,1-2H3. The summed E-state index contributed by atoms with van der Waals surface area (Å²) in [5.41, 5.74) is 3.98. The van der Waals surface area contributed by atoms with Crippen molar-refractivity contribution in [2.24, 2.45) is 0 Å². The van der Waals surface area contributed by atoms with Gasteiger partial charge in [-0.15, -0.1) is 11.8 Å².